The summed E-state index contributed by atoms with van der Waals surface area (Å²) < 4.78 is 8.90. The molecule has 5 aromatic rings. The number of carbonyl (C=O) groups excluding carboxylic acids is 1. The van der Waals surface area contributed by atoms with Gasteiger partial charge in [-0.25, -0.2) is 0 Å². The Hall–Kier alpha value is -5.07. The van der Waals surface area contributed by atoms with E-state index in [1.54, 1.807) is 39.8 Å². The number of carbonyl (C=O) groups is 2. The van der Waals surface area contributed by atoms with Crippen molar-refractivity contribution in [2.45, 2.75) is 79.4 Å². The third kappa shape index (κ3) is 17.7. The first-order chi connectivity index (χ1) is 30.8. The van der Waals surface area contributed by atoms with E-state index in [4.69, 9.17) is 44.5 Å². The normalized spacial score (nSPS) is 11.2. The van der Waals surface area contributed by atoms with Crippen LogP contribution in [0.5, 0.6) is 11.5 Å². The van der Waals surface area contributed by atoms with E-state index in [1.165, 1.54) is 64.5 Å². The highest BCUT2D eigenvalue weighted by molar-refractivity contribution is 8.48. The van der Waals surface area contributed by atoms with E-state index in [0.29, 0.717) is 33.1 Å². The molecule has 0 radical (unpaired) electrons. The number of thiol groups is 1. The standard InChI is InChI=1S/C19H16S.C15H26O4S3.C14H12N2O6S/c20-19(16-10-4-1-5-11-16,17-12-6-2-7-13-17)18-14-8-3-9-15-18;1-6-7-8-9-10-19-12(18)15(4,5)22-13(20)21-14(2,3)11(16)17;17-11-2-4-12(5-3-11)22-7-8-23-14-6-1-10(15(18)19)9-13(14)16(20)21/h1-15,20H;6-10H2,1-5H3,(H,16,17);1-6,9,17H,7-8H2. The summed E-state index contributed by atoms with van der Waals surface area (Å²) in [7, 11) is 0. The summed E-state index contributed by atoms with van der Waals surface area (Å²) in [6, 6.07) is 41.0. The molecule has 0 aromatic heterocycles. The van der Waals surface area contributed by atoms with Gasteiger partial charge in [0, 0.05) is 11.8 Å². The Labute approximate surface area is 404 Å². The maximum atomic E-state index is 12.1. The van der Waals surface area contributed by atoms with Crippen LogP contribution >= 0.6 is 60.1 Å². The van der Waals surface area contributed by atoms with Gasteiger partial charge in [0.25, 0.3) is 11.4 Å². The number of thiocarbonyl (C=S) groups is 1. The Kier molecular flexibility index (Phi) is 22.4. The fourth-order valence-corrected chi connectivity index (χ4v) is 10.7. The molecule has 0 saturated heterocycles. The number of thioether (sulfide) groups is 3. The molecule has 0 atom stereocenters. The number of carboxylic acids is 1. The van der Waals surface area contributed by atoms with E-state index >= 15 is 0 Å². The Balaban J connectivity index is 0.000000259. The molecule has 5 aromatic carbocycles. The van der Waals surface area contributed by atoms with Crippen molar-refractivity contribution in [3.8, 4) is 11.5 Å². The highest BCUT2D eigenvalue weighted by Crippen LogP contribution is 2.42. The number of ether oxygens (including phenoxy) is 2. The number of unbranched alkanes of at least 4 members (excludes halogenated alkanes) is 3. The van der Waals surface area contributed by atoms with Gasteiger partial charge in [0.2, 0.25) is 0 Å². The van der Waals surface area contributed by atoms with Gasteiger partial charge in [0.15, 0.2) is 0 Å². The van der Waals surface area contributed by atoms with Crippen molar-refractivity contribution in [1.82, 2.24) is 0 Å². The number of phenolic OH excluding ortho intramolecular Hbond substituents is 1. The highest BCUT2D eigenvalue weighted by Gasteiger charge is 2.36. The zero-order valence-corrected chi connectivity index (χ0v) is 40.9. The van der Waals surface area contributed by atoms with Crippen LogP contribution in [0.1, 0.15) is 77.0 Å². The number of phenols is 1. The highest BCUT2D eigenvalue weighted by atomic mass is 32.2. The minimum Gasteiger partial charge on any atom is -0.508 e. The van der Waals surface area contributed by atoms with E-state index in [9.17, 15) is 29.8 Å². The lowest BCUT2D eigenvalue weighted by atomic mass is 9.84. The minimum atomic E-state index is -1.01. The Morgan fingerprint density at radius 3 is 1.68 bits per heavy atom. The Morgan fingerprint density at radius 2 is 1.22 bits per heavy atom. The maximum absolute atomic E-state index is 12.1. The molecule has 0 aliphatic heterocycles. The van der Waals surface area contributed by atoms with E-state index < -0.39 is 30.1 Å². The largest absolute Gasteiger partial charge is 0.508 e. The molecule has 12 nitrogen and oxygen atoms in total. The van der Waals surface area contributed by atoms with Crippen molar-refractivity contribution in [2.75, 3.05) is 19.0 Å². The summed E-state index contributed by atoms with van der Waals surface area (Å²) in [5.74, 6) is -0.115. The lowest BCUT2D eigenvalue weighted by Gasteiger charge is -2.30. The maximum Gasteiger partial charge on any atom is 0.322 e. The van der Waals surface area contributed by atoms with Crippen molar-refractivity contribution >= 4 is 87.0 Å². The molecule has 65 heavy (non-hydrogen) atoms. The smallest absolute Gasteiger partial charge is 0.322 e. The number of non-ortho nitro benzene ring substituents is 1. The van der Waals surface area contributed by atoms with Crippen LogP contribution in [0, 0.1) is 20.2 Å². The van der Waals surface area contributed by atoms with E-state index in [-0.39, 0.29) is 23.1 Å². The van der Waals surface area contributed by atoms with Crippen molar-refractivity contribution in [3.63, 3.8) is 0 Å². The van der Waals surface area contributed by atoms with E-state index in [0.717, 1.165) is 43.5 Å². The summed E-state index contributed by atoms with van der Waals surface area (Å²) in [6.07, 6.45) is 4.20. The van der Waals surface area contributed by atoms with E-state index in [2.05, 4.69) is 79.7 Å². The molecule has 0 heterocycles. The lowest BCUT2D eigenvalue weighted by Crippen LogP contribution is -2.33. The monoisotopic (exact) mass is 978 g/mol. The first-order valence-electron chi connectivity index (χ1n) is 20.5. The number of carboxylic acid groups (broad SMARTS) is 1. The molecule has 0 aliphatic carbocycles. The quantitative estimate of drug-likeness (QED) is 0.0104. The molecule has 346 valence electrons. The number of nitrogens with zero attached hydrogens (tertiary/aromatic N) is 2. The fourth-order valence-electron chi connectivity index (χ4n) is 5.67. The summed E-state index contributed by atoms with van der Waals surface area (Å²) in [4.78, 5) is 43.9. The summed E-state index contributed by atoms with van der Waals surface area (Å²) in [6.45, 7) is 9.51. The number of aliphatic carboxylic acids is 1. The second-order valence-electron chi connectivity index (χ2n) is 15.1. The molecule has 17 heteroatoms. The van der Waals surface area contributed by atoms with Gasteiger partial charge in [-0.2, -0.15) is 12.6 Å². The Morgan fingerprint density at radius 1 is 0.708 bits per heavy atom. The van der Waals surface area contributed by atoms with Gasteiger partial charge in [-0.15, -0.1) is 11.8 Å². The first kappa shape index (κ1) is 54.3. The number of rotatable bonds is 19. The Bertz CT molecular complexity index is 2200. The molecule has 5 rings (SSSR count). The lowest BCUT2D eigenvalue weighted by molar-refractivity contribution is -0.396. The number of esters is 1. The van der Waals surface area contributed by atoms with Crippen LogP contribution in [-0.2, 0) is 19.1 Å². The van der Waals surface area contributed by atoms with Gasteiger partial charge in [-0.05, 0) is 81.1 Å². The van der Waals surface area contributed by atoms with Crippen LogP contribution in [0.3, 0.4) is 0 Å². The fraction of sp³-hybridized carbons (Fsp3) is 0.312. The average molecular weight is 979 g/mol. The number of hydrogen-bond donors (Lipinski definition) is 3. The number of hydrogen-bond acceptors (Lipinski definition) is 14. The van der Waals surface area contributed by atoms with Gasteiger partial charge in [-0.3, -0.25) is 29.8 Å². The second kappa shape index (κ2) is 26.8. The van der Waals surface area contributed by atoms with Crippen LogP contribution in [0.4, 0.5) is 11.4 Å². The van der Waals surface area contributed by atoms with Crippen molar-refractivity contribution < 1.29 is 39.1 Å². The van der Waals surface area contributed by atoms with Crippen LogP contribution in [0.2, 0.25) is 0 Å². The van der Waals surface area contributed by atoms with Gasteiger partial charge in [-0.1, -0.05) is 153 Å². The molecule has 0 amide bonds. The first-order valence-corrected chi connectivity index (χ1v) is 24.0. The van der Waals surface area contributed by atoms with Crippen LogP contribution in [-0.4, -0.2) is 64.0 Å². The third-order valence-electron chi connectivity index (χ3n) is 9.29. The molecular formula is C48H54N2O10S5. The van der Waals surface area contributed by atoms with Crippen LogP contribution in [0.15, 0.2) is 138 Å². The van der Waals surface area contributed by atoms with Gasteiger partial charge < -0.3 is 19.7 Å². The second-order valence-corrected chi connectivity index (χ2v) is 21.4. The SMILES string of the molecule is CCCCCCOC(=O)C(C)(C)SC(=S)SC(C)(C)C(=O)O.O=[N+]([O-])c1ccc(SCCOc2ccc(O)cc2)c([N+](=O)[O-])c1.SC(c1ccccc1)(c1ccccc1)c1ccccc1. The minimum absolute atomic E-state index is 0.133. The molecule has 2 N–H and O–H groups in total. The number of benzene rings is 5. The predicted molar refractivity (Wildman–Crippen MR) is 271 cm³/mol. The molecule has 0 fully saturated rings. The van der Waals surface area contributed by atoms with Gasteiger partial charge in [0.1, 0.15) is 24.5 Å². The van der Waals surface area contributed by atoms with Crippen molar-refractivity contribution in [3.05, 3.63) is 170 Å². The van der Waals surface area contributed by atoms with E-state index in [1.807, 2.05) is 18.2 Å². The number of nitro groups is 2. The number of aromatic hydroxyl groups is 1. The summed E-state index contributed by atoms with van der Waals surface area (Å²) in [5, 5.41) is 39.9. The summed E-state index contributed by atoms with van der Waals surface area (Å²) in [5.41, 5.74) is 2.93. The third-order valence-corrected chi connectivity index (χ3v) is 13.8. The number of nitro benzene ring substituents is 2. The molecule has 0 bridgehead atoms. The molecule has 0 saturated carbocycles. The molecule has 0 unspecified atom stereocenters. The molecule has 0 aliphatic rings. The van der Waals surface area contributed by atoms with Gasteiger partial charge >= 0.3 is 11.9 Å². The molecular weight excluding hydrogens is 925 g/mol. The van der Waals surface area contributed by atoms with Crippen molar-refractivity contribution in [1.29, 1.82) is 0 Å². The zero-order valence-electron chi connectivity index (χ0n) is 36.8. The zero-order chi connectivity index (χ0) is 48.0. The predicted octanol–water partition coefficient (Wildman–Crippen LogP) is 12.8. The van der Waals surface area contributed by atoms with Crippen LogP contribution in [0.25, 0.3) is 0 Å². The van der Waals surface area contributed by atoms with Gasteiger partial charge in [0.05, 0.1) is 38.8 Å². The average Bonchev–Trinajstić information content (AvgIpc) is 3.28. The summed E-state index contributed by atoms with van der Waals surface area (Å²) >= 11 is 13.7. The topological polar surface area (TPSA) is 179 Å². The van der Waals surface area contributed by atoms with Crippen molar-refractivity contribution in [2.24, 2.45) is 0 Å². The van der Waals surface area contributed by atoms with Crippen LogP contribution < -0.4 is 4.74 Å². The molecule has 0 spiro atoms.